The molecule has 108 valence electrons. The molecule has 0 amide bonds. The molecule has 0 saturated heterocycles. The Kier molecular flexibility index (Phi) is 4.72. The molecule has 3 nitrogen and oxygen atoms in total. The maximum atomic E-state index is 12.3. The van der Waals surface area contributed by atoms with Gasteiger partial charge in [0, 0.05) is 7.26 Å². The molecule has 1 aliphatic rings. The van der Waals surface area contributed by atoms with Crippen molar-refractivity contribution in [2.45, 2.75) is 38.4 Å². The maximum absolute atomic E-state index is 12.3. The molecule has 1 N–H and O–H groups in total. The normalized spacial score (nSPS) is 25.2. The smallest absolute Gasteiger partial charge is 0.203 e. The van der Waals surface area contributed by atoms with Gasteiger partial charge in [0.1, 0.15) is 6.29 Å². The first-order valence-electron chi connectivity index (χ1n) is 6.01. The molecule has 18 heavy (non-hydrogen) atoms. The third-order valence-corrected chi connectivity index (χ3v) is 10.7. The molecule has 0 radical (unpaired) electrons. The molecule has 0 aromatic rings. The van der Waals surface area contributed by atoms with Crippen LogP contribution in [0.1, 0.15) is 27.2 Å². The molecule has 0 aromatic carbocycles. The van der Waals surface area contributed by atoms with Crippen molar-refractivity contribution in [3.8, 4) is 0 Å². The Bertz CT molecular complexity index is 392. The Labute approximate surface area is 107 Å². The maximum Gasteiger partial charge on any atom is 0.511 e. The second kappa shape index (κ2) is 5.25. The molecular weight excluding hydrogens is 286 g/mol. The van der Waals surface area contributed by atoms with E-state index in [0.29, 0.717) is 11.6 Å². The van der Waals surface area contributed by atoms with Gasteiger partial charge in [-0.3, -0.25) is 0 Å². The van der Waals surface area contributed by atoms with E-state index >= 15 is 0 Å². The van der Waals surface area contributed by atoms with Gasteiger partial charge in [-0.2, -0.15) is 17.9 Å². The Balaban J connectivity index is 2.76. The van der Waals surface area contributed by atoms with E-state index in [9.17, 15) is 21.6 Å². The lowest BCUT2D eigenvalue weighted by molar-refractivity contribution is -0.0446. The number of alkyl halides is 3. The van der Waals surface area contributed by atoms with E-state index < -0.39 is 22.8 Å². The minimum atomic E-state index is -5.21. The van der Waals surface area contributed by atoms with E-state index in [4.69, 9.17) is 0 Å². The summed E-state index contributed by atoms with van der Waals surface area (Å²) < 4.78 is 60.7. The molecular formula is C10H20F3NO2PS+. The van der Waals surface area contributed by atoms with Crippen LogP contribution in [0, 0.1) is 5.92 Å². The Morgan fingerprint density at radius 3 is 2.00 bits per heavy atom. The summed E-state index contributed by atoms with van der Waals surface area (Å²) in [4.78, 5) is 0. The molecule has 0 heterocycles. The van der Waals surface area contributed by atoms with Crippen molar-refractivity contribution in [1.29, 1.82) is 0 Å². The van der Waals surface area contributed by atoms with E-state index in [1.807, 2.05) is 13.8 Å². The van der Waals surface area contributed by atoms with Crippen LogP contribution in [0.3, 0.4) is 0 Å². The second-order valence-electron chi connectivity index (χ2n) is 4.88. The molecule has 1 aliphatic carbocycles. The monoisotopic (exact) mass is 306 g/mol. The average molecular weight is 306 g/mol. The van der Waals surface area contributed by atoms with E-state index in [1.165, 1.54) is 0 Å². The summed E-state index contributed by atoms with van der Waals surface area (Å²) in [5.74, 6) is 0.522. The Hall–Kier alpha value is 0.130. The summed E-state index contributed by atoms with van der Waals surface area (Å²) in [7, 11) is -6.83. The van der Waals surface area contributed by atoms with E-state index in [-0.39, 0.29) is 6.29 Å². The largest absolute Gasteiger partial charge is 0.511 e. The third kappa shape index (κ3) is 3.17. The summed E-state index contributed by atoms with van der Waals surface area (Å²) in [6.07, 6.45) is 2.58. The van der Waals surface area contributed by atoms with Crippen molar-refractivity contribution < 1.29 is 21.6 Å². The number of sulfonamides is 1. The van der Waals surface area contributed by atoms with Crippen LogP contribution in [-0.2, 0) is 10.0 Å². The van der Waals surface area contributed by atoms with Crippen molar-refractivity contribution >= 4 is 17.3 Å². The predicted octanol–water partition coefficient (Wildman–Crippen LogP) is 2.85. The zero-order valence-corrected chi connectivity index (χ0v) is 12.5. The van der Waals surface area contributed by atoms with Crippen LogP contribution in [0.15, 0.2) is 0 Å². The van der Waals surface area contributed by atoms with Gasteiger partial charge in [-0.1, -0.05) is 6.92 Å². The summed E-state index contributed by atoms with van der Waals surface area (Å²) >= 11 is 0. The quantitative estimate of drug-likeness (QED) is 0.767. The van der Waals surface area contributed by atoms with Gasteiger partial charge in [0.25, 0.3) is 0 Å². The topological polar surface area (TPSA) is 46.2 Å². The fourth-order valence-corrected chi connectivity index (χ4v) is 8.19. The summed E-state index contributed by atoms with van der Waals surface area (Å²) in [6.45, 7) is 5.97. The second-order valence-corrected chi connectivity index (χ2v) is 11.3. The van der Waals surface area contributed by atoms with E-state index in [1.54, 1.807) is 4.72 Å². The number of rotatable bonds is 6. The van der Waals surface area contributed by atoms with Crippen LogP contribution in [0.4, 0.5) is 13.2 Å². The first-order chi connectivity index (χ1) is 8.09. The molecule has 8 heteroatoms. The van der Waals surface area contributed by atoms with Crippen molar-refractivity contribution in [3.63, 3.8) is 0 Å². The Morgan fingerprint density at radius 1 is 1.28 bits per heavy atom. The van der Waals surface area contributed by atoms with Gasteiger partial charge in [-0.25, -0.2) is 8.42 Å². The van der Waals surface area contributed by atoms with Crippen molar-refractivity contribution in [2.75, 3.05) is 18.6 Å². The van der Waals surface area contributed by atoms with Gasteiger partial charge in [0.2, 0.25) is 0 Å². The van der Waals surface area contributed by atoms with Crippen molar-refractivity contribution in [3.05, 3.63) is 0 Å². The SMILES string of the molecule is CC[P+](CC)(CNS(=O)(=O)C(F)(F)F)C1CC1C. The molecule has 0 aliphatic heterocycles. The van der Waals surface area contributed by atoms with E-state index in [2.05, 4.69) is 6.92 Å². The molecule has 0 spiro atoms. The molecule has 1 rings (SSSR count). The predicted molar refractivity (Wildman–Crippen MR) is 68.5 cm³/mol. The lowest BCUT2D eigenvalue weighted by atomic mass is 10.5. The van der Waals surface area contributed by atoms with Crippen LogP contribution in [-0.4, -0.2) is 38.2 Å². The van der Waals surface area contributed by atoms with Gasteiger partial charge in [0.05, 0.1) is 18.0 Å². The fourth-order valence-electron chi connectivity index (χ4n) is 2.39. The van der Waals surface area contributed by atoms with E-state index in [0.717, 1.165) is 18.7 Å². The van der Waals surface area contributed by atoms with Crippen molar-refractivity contribution in [1.82, 2.24) is 4.72 Å². The summed E-state index contributed by atoms with van der Waals surface area (Å²) in [5, 5.41) is 0. The molecule has 0 aromatic heterocycles. The van der Waals surface area contributed by atoms with Gasteiger partial charge in [-0.15, -0.1) is 0 Å². The molecule has 1 saturated carbocycles. The number of nitrogens with one attached hydrogen (secondary N) is 1. The highest BCUT2D eigenvalue weighted by molar-refractivity contribution is 7.91. The zero-order chi connectivity index (χ0) is 14.2. The first kappa shape index (κ1) is 16.2. The first-order valence-corrected chi connectivity index (χ1v) is 9.91. The van der Waals surface area contributed by atoms with Crippen LogP contribution in [0.25, 0.3) is 0 Å². The summed E-state index contributed by atoms with van der Waals surface area (Å²) in [5.41, 5.74) is -4.78. The van der Waals surface area contributed by atoms with Crippen LogP contribution < -0.4 is 4.72 Å². The van der Waals surface area contributed by atoms with Crippen LogP contribution in [0.2, 0.25) is 0 Å². The molecule has 0 bridgehead atoms. The van der Waals surface area contributed by atoms with Gasteiger partial charge in [0.15, 0.2) is 0 Å². The highest BCUT2D eigenvalue weighted by Crippen LogP contribution is 2.71. The van der Waals surface area contributed by atoms with Gasteiger partial charge < -0.3 is 0 Å². The number of halogens is 3. The third-order valence-electron chi connectivity index (χ3n) is 3.90. The van der Waals surface area contributed by atoms with Gasteiger partial charge >= 0.3 is 15.5 Å². The fraction of sp³-hybridized carbons (Fsp3) is 1.00. The highest BCUT2D eigenvalue weighted by Gasteiger charge is 2.56. The lowest BCUT2D eigenvalue weighted by Gasteiger charge is -2.26. The van der Waals surface area contributed by atoms with Gasteiger partial charge in [-0.05, 0) is 26.2 Å². The zero-order valence-electron chi connectivity index (χ0n) is 10.8. The minimum absolute atomic E-state index is 0.0170. The summed E-state index contributed by atoms with van der Waals surface area (Å²) in [6, 6.07) is 0. The average Bonchev–Trinajstić information content (AvgIpc) is 2.97. The number of hydrogen-bond acceptors (Lipinski definition) is 2. The lowest BCUT2D eigenvalue weighted by Crippen LogP contribution is -2.38. The van der Waals surface area contributed by atoms with Crippen LogP contribution in [0.5, 0.6) is 0 Å². The standard InChI is InChI=1S/C10H20F3NO2PS/c1-4-17(5-2,9-6-8(9)3)7-14-18(15,16)10(11,12)13/h8-9,14H,4-7H2,1-3H3/q+1. The molecule has 2 atom stereocenters. The number of hydrogen-bond donors (Lipinski definition) is 1. The van der Waals surface area contributed by atoms with Crippen LogP contribution >= 0.6 is 7.26 Å². The van der Waals surface area contributed by atoms with Crippen molar-refractivity contribution in [2.24, 2.45) is 5.92 Å². The minimum Gasteiger partial charge on any atom is -0.203 e. The highest BCUT2D eigenvalue weighted by atomic mass is 32.2. The Morgan fingerprint density at radius 2 is 1.72 bits per heavy atom. The molecule has 2 unspecified atom stereocenters. The molecule has 1 fully saturated rings.